The van der Waals surface area contributed by atoms with Crippen LogP contribution in [0.3, 0.4) is 0 Å². The average Bonchev–Trinajstić information content (AvgIpc) is 2.99. The van der Waals surface area contributed by atoms with Crippen LogP contribution in [-0.4, -0.2) is 87.3 Å². The Hall–Kier alpha value is -4.22. The van der Waals surface area contributed by atoms with E-state index in [0.29, 0.717) is 19.2 Å². The van der Waals surface area contributed by atoms with Gasteiger partial charge in [0.25, 0.3) is 0 Å². The quantitative estimate of drug-likeness (QED) is 0.410. The van der Waals surface area contributed by atoms with E-state index < -0.39 is 0 Å². The maximum absolute atomic E-state index is 5.71. The summed E-state index contributed by atoms with van der Waals surface area (Å²) in [7, 11) is 0. The topological polar surface area (TPSA) is 122 Å². The second kappa shape index (κ2) is 11.0. The third kappa shape index (κ3) is 5.53. The van der Waals surface area contributed by atoms with Crippen molar-refractivity contribution >= 4 is 17.8 Å². The zero-order valence-corrected chi connectivity index (χ0v) is 21.1. The molecule has 2 N–H and O–H groups in total. The van der Waals surface area contributed by atoms with Crippen molar-refractivity contribution in [3.8, 4) is 22.5 Å². The van der Waals surface area contributed by atoms with Crippen LogP contribution in [0.2, 0.25) is 0 Å². The molecule has 4 aromatic rings. The molecule has 38 heavy (non-hydrogen) atoms. The van der Waals surface area contributed by atoms with Gasteiger partial charge >= 0.3 is 0 Å². The van der Waals surface area contributed by atoms with Crippen molar-refractivity contribution in [3.63, 3.8) is 0 Å². The molecule has 2 aliphatic rings. The van der Waals surface area contributed by atoms with Crippen molar-refractivity contribution < 1.29 is 4.74 Å². The third-order valence-electron chi connectivity index (χ3n) is 6.81. The summed E-state index contributed by atoms with van der Waals surface area (Å²) in [5.41, 5.74) is 10.4. The number of nitrogens with zero attached hydrogens (tertiary/aromatic N) is 9. The fourth-order valence-electron chi connectivity index (χ4n) is 4.75. The smallest absolute Gasteiger partial charge is 0.226 e. The van der Waals surface area contributed by atoms with Gasteiger partial charge in [-0.15, -0.1) is 0 Å². The molecule has 194 valence electrons. The highest BCUT2D eigenvalue weighted by molar-refractivity contribution is 5.69. The molecule has 3 aromatic heterocycles. The molecule has 2 fully saturated rings. The molecular formula is C27H30N10O. The van der Waals surface area contributed by atoms with Gasteiger partial charge in [-0.2, -0.15) is 0 Å². The molecule has 0 bridgehead atoms. The van der Waals surface area contributed by atoms with Gasteiger partial charge < -0.3 is 20.3 Å². The normalized spacial score (nSPS) is 16.5. The highest BCUT2D eigenvalue weighted by atomic mass is 16.5. The van der Waals surface area contributed by atoms with Crippen LogP contribution in [0.4, 0.5) is 17.8 Å². The lowest BCUT2D eigenvalue weighted by molar-refractivity contribution is 0.122. The van der Waals surface area contributed by atoms with E-state index in [4.69, 9.17) is 20.4 Å². The van der Waals surface area contributed by atoms with Crippen LogP contribution in [0.25, 0.3) is 22.5 Å². The summed E-state index contributed by atoms with van der Waals surface area (Å²) in [5.74, 6) is 1.72. The molecule has 0 unspecified atom stereocenters. The van der Waals surface area contributed by atoms with Crippen LogP contribution >= 0.6 is 0 Å². The molecule has 0 atom stereocenters. The molecule has 0 amide bonds. The van der Waals surface area contributed by atoms with Crippen molar-refractivity contribution in [3.05, 3.63) is 66.7 Å². The standard InChI is InChI=1S/C27H30N10O/c28-25-31-17-22(18-32-25)24-16-23(33-27(34-24)37-11-13-38-14-12-37)21-4-1-3-20(15-21)19-35-7-9-36(10-8-35)26-29-5-2-6-30-26/h1-6,15-18H,7-14,19H2,(H2,28,31,32). The zero-order chi connectivity index (χ0) is 25.7. The number of piperazine rings is 1. The monoisotopic (exact) mass is 510 g/mol. The van der Waals surface area contributed by atoms with Gasteiger partial charge in [-0.1, -0.05) is 18.2 Å². The maximum atomic E-state index is 5.71. The molecule has 11 heteroatoms. The Morgan fingerprint density at radius 1 is 0.711 bits per heavy atom. The first-order chi connectivity index (χ1) is 18.7. The molecule has 1 aromatic carbocycles. The molecule has 6 rings (SSSR count). The molecule has 0 saturated carbocycles. The van der Waals surface area contributed by atoms with Gasteiger partial charge in [0, 0.05) is 81.7 Å². The second-order valence-corrected chi connectivity index (χ2v) is 9.38. The first-order valence-corrected chi connectivity index (χ1v) is 12.8. The largest absolute Gasteiger partial charge is 0.378 e. The number of ether oxygens (including phenoxy) is 1. The van der Waals surface area contributed by atoms with Crippen molar-refractivity contribution in [1.82, 2.24) is 34.8 Å². The zero-order valence-electron chi connectivity index (χ0n) is 21.1. The molecule has 2 saturated heterocycles. The van der Waals surface area contributed by atoms with Crippen LogP contribution in [-0.2, 0) is 11.3 Å². The minimum Gasteiger partial charge on any atom is -0.378 e. The van der Waals surface area contributed by atoms with Gasteiger partial charge in [0.05, 0.1) is 24.6 Å². The minimum absolute atomic E-state index is 0.237. The Labute approximate surface area is 221 Å². The fraction of sp³-hybridized carbons (Fsp3) is 0.333. The molecular weight excluding hydrogens is 480 g/mol. The van der Waals surface area contributed by atoms with Gasteiger partial charge in [-0.25, -0.2) is 29.9 Å². The molecule has 0 aliphatic carbocycles. The van der Waals surface area contributed by atoms with Crippen LogP contribution in [0, 0.1) is 0 Å². The van der Waals surface area contributed by atoms with E-state index in [1.54, 1.807) is 24.8 Å². The fourth-order valence-corrected chi connectivity index (χ4v) is 4.75. The SMILES string of the molecule is Nc1ncc(-c2cc(-c3cccc(CN4CCN(c5ncccn5)CC4)c3)nc(N3CCOCC3)n2)cn1. The predicted molar refractivity (Wildman–Crippen MR) is 145 cm³/mol. The Morgan fingerprint density at radius 2 is 1.39 bits per heavy atom. The number of benzene rings is 1. The predicted octanol–water partition coefficient (Wildman–Crippen LogP) is 2.13. The van der Waals surface area contributed by atoms with E-state index in [0.717, 1.165) is 74.3 Å². The van der Waals surface area contributed by atoms with Crippen LogP contribution in [0.5, 0.6) is 0 Å². The van der Waals surface area contributed by atoms with Crippen molar-refractivity contribution in [1.29, 1.82) is 0 Å². The first kappa shape index (κ1) is 24.1. The minimum atomic E-state index is 0.237. The van der Waals surface area contributed by atoms with E-state index in [-0.39, 0.29) is 5.95 Å². The Balaban J connectivity index is 1.23. The van der Waals surface area contributed by atoms with Gasteiger partial charge in [-0.05, 0) is 23.8 Å². The molecule has 2 aliphatic heterocycles. The number of nitrogens with two attached hydrogens (primary N) is 1. The van der Waals surface area contributed by atoms with Gasteiger partial charge in [0.1, 0.15) is 0 Å². The number of rotatable bonds is 6. The summed E-state index contributed by atoms with van der Waals surface area (Å²) >= 11 is 0. The number of aromatic nitrogens is 6. The van der Waals surface area contributed by atoms with Gasteiger partial charge in [-0.3, -0.25) is 4.90 Å². The molecule has 5 heterocycles. The van der Waals surface area contributed by atoms with Crippen LogP contribution < -0.4 is 15.5 Å². The van der Waals surface area contributed by atoms with E-state index in [1.165, 1.54) is 5.56 Å². The van der Waals surface area contributed by atoms with E-state index in [9.17, 15) is 0 Å². The number of morpholine rings is 1. The van der Waals surface area contributed by atoms with Gasteiger partial charge in [0.2, 0.25) is 17.8 Å². The lowest BCUT2D eigenvalue weighted by Gasteiger charge is -2.34. The van der Waals surface area contributed by atoms with E-state index in [1.807, 2.05) is 12.1 Å². The number of hydrogen-bond donors (Lipinski definition) is 1. The van der Waals surface area contributed by atoms with Crippen molar-refractivity contribution in [2.75, 3.05) is 68.0 Å². The lowest BCUT2D eigenvalue weighted by atomic mass is 10.1. The average molecular weight is 511 g/mol. The van der Waals surface area contributed by atoms with Gasteiger partial charge in [0.15, 0.2) is 0 Å². The summed E-state index contributed by atoms with van der Waals surface area (Å²) < 4.78 is 5.54. The summed E-state index contributed by atoms with van der Waals surface area (Å²) in [6, 6.07) is 12.4. The van der Waals surface area contributed by atoms with Crippen molar-refractivity contribution in [2.45, 2.75) is 6.54 Å². The molecule has 0 radical (unpaired) electrons. The maximum Gasteiger partial charge on any atom is 0.226 e. The molecule has 0 spiro atoms. The number of hydrogen-bond acceptors (Lipinski definition) is 11. The summed E-state index contributed by atoms with van der Waals surface area (Å²) in [6.07, 6.45) is 7.00. The Bertz CT molecular complexity index is 1350. The second-order valence-electron chi connectivity index (χ2n) is 9.38. The first-order valence-electron chi connectivity index (χ1n) is 12.8. The molecule has 11 nitrogen and oxygen atoms in total. The van der Waals surface area contributed by atoms with E-state index in [2.05, 4.69) is 58.9 Å². The summed E-state index contributed by atoms with van der Waals surface area (Å²) in [5, 5.41) is 0. The lowest BCUT2D eigenvalue weighted by Crippen LogP contribution is -2.46. The Kier molecular flexibility index (Phi) is 7.01. The van der Waals surface area contributed by atoms with Crippen LogP contribution in [0.1, 0.15) is 5.56 Å². The van der Waals surface area contributed by atoms with Crippen LogP contribution in [0.15, 0.2) is 61.2 Å². The van der Waals surface area contributed by atoms with Crippen molar-refractivity contribution in [2.24, 2.45) is 0 Å². The summed E-state index contributed by atoms with van der Waals surface area (Å²) in [6.45, 7) is 7.42. The van der Waals surface area contributed by atoms with E-state index >= 15 is 0 Å². The third-order valence-corrected chi connectivity index (χ3v) is 6.81. The highest BCUT2D eigenvalue weighted by Gasteiger charge is 2.20. The number of nitrogen functional groups attached to an aromatic ring is 1. The highest BCUT2D eigenvalue weighted by Crippen LogP contribution is 2.27. The summed E-state index contributed by atoms with van der Waals surface area (Å²) in [4.78, 5) is 33.8. The number of anilines is 3. The Morgan fingerprint density at radius 3 is 2.13 bits per heavy atom.